The van der Waals surface area contributed by atoms with E-state index in [9.17, 15) is 8.78 Å². The molecule has 0 unspecified atom stereocenters. The zero-order valence-electron chi connectivity index (χ0n) is 21.4. The zero-order valence-corrected chi connectivity index (χ0v) is 22.1. The van der Waals surface area contributed by atoms with Gasteiger partial charge in [0.15, 0.2) is 17.5 Å². The Morgan fingerprint density at radius 2 is 1.98 bits per heavy atom. The van der Waals surface area contributed by atoms with Gasteiger partial charge in [0.25, 0.3) is 11.8 Å². The summed E-state index contributed by atoms with van der Waals surface area (Å²) in [7, 11) is 3.04. The standard InChI is InChI=1S/C26H23ClF2N8O3/c1-36-8-7-20(26(28,29)12-36)40-23-22-18(10-30-25(23)38-2)31-13-33-24(22)35-15-3-5-19(17(27)9-15)39-16-4-6-21-32-14-34-37(21)11-16/h3-6,9-11,13-14,20H,7-8,12H2,1-2H3,(H,31,33,35)/t20-/m0/s1. The molecule has 6 rings (SSSR count). The Hall–Kier alpha value is -4.36. The molecule has 1 aromatic carbocycles. The summed E-state index contributed by atoms with van der Waals surface area (Å²) in [5.41, 5.74) is 1.64. The van der Waals surface area contributed by atoms with Crippen molar-refractivity contribution >= 4 is 39.7 Å². The van der Waals surface area contributed by atoms with Crippen molar-refractivity contribution in [1.82, 2.24) is 34.4 Å². The number of benzene rings is 1. The van der Waals surface area contributed by atoms with Gasteiger partial charge >= 0.3 is 0 Å². The first-order chi connectivity index (χ1) is 19.3. The molecule has 14 heteroatoms. The molecule has 40 heavy (non-hydrogen) atoms. The number of aromatic nitrogens is 6. The Kier molecular flexibility index (Phi) is 6.68. The average molecular weight is 569 g/mol. The van der Waals surface area contributed by atoms with Gasteiger partial charge in [0.1, 0.15) is 30.0 Å². The maximum absolute atomic E-state index is 14.9. The predicted octanol–water partition coefficient (Wildman–Crippen LogP) is 4.98. The fourth-order valence-corrected chi connectivity index (χ4v) is 4.74. The second kappa shape index (κ2) is 10.3. The molecule has 5 aromatic rings. The number of piperidine rings is 1. The third kappa shape index (κ3) is 5.00. The van der Waals surface area contributed by atoms with Crippen LogP contribution in [0.25, 0.3) is 16.6 Å². The van der Waals surface area contributed by atoms with E-state index < -0.39 is 18.6 Å². The van der Waals surface area contributed by atoms with Gasteiger partial charge in [0.05, 0.1) is 42.0 Å². The third-order valence-electron chi connectivity index (χ3n) is 6.45. The summed E-state index contributed by atoms with van der Waals surface area (Å²) in [4.78, 5) is 18.5. The van der Waals surface area contributed by atoms with E-state index >= 15 is 0 Å². The Balaban J connectivity index is 1.31. The van der Waals surface area contributed by atoms with Crippen LogP contribution < -0.4 is 19.5 Å². The van der Waals surface area contributed by atoms with Crippen molar-refractivity contribution in [3.05, 3.63) is 60.4 Å². The van der Waals surface area contributed by atoms with Crippen LogP contribution in [0.1, 0.15) is 6.42 Å². The van der Waals surface area contributed by atoms with Crippen molar-refractivity contribution in [2.45, 2.75) is 18.4 Å². The second-order valence-corrected chi connectivity index (χ2v) is 9.68. The van der Waals surface area contributed by atoms with E-state index in [4.69, 9.17) is 25.8 Å². The van der Waals surface area contributed by atoms with Gasteiger partial charge in [-0.3, -0.25) is 0 Å². The molecular formula is C26H23ClF2N8O3. The first-order valence-corrected chi connectivity index (χ1v) is 12.6. The minimum absolute atomic E-state index is 0.0341. The molecule has 0 saturated carbocycles. The number of nitrogens with zero attached hydrogens (tertiary/aromatic N) is 7. The molecule has 4 aromatic heterocycles. The van der Waals surface area contributed by atoms with Crippen LogP contribution in [0, 0.1) is 0 Å². The lowest BCUT2D eigenvalue weighted by molar-refractivity contribution is -0.135. The highest BCUT2D eigenvalue weighted by Gasteiger charge is 2.46. The first kappa shape index (κ1) is 25.9. The van der Waals surface area contributed by atoms with Crippen LogP contribution in [0.3, 0.4) is 0 Å². The number of pyridine rings is 2. The summed E-state index contributed by atoms with van der Waals surface area (Å²) in [6.07, 6.45) is 4.70. The van der Waals surface area contributed by atoms with Crippen molar-refractivity contribution < 1.29 is 23.0 Å². The largest absolute Gasteiger partial charge is 0.478 e. The zero-order chi connectivity index (χ0) is 27.9. The summed E-state index contributed by atoms with van der Waals surface area (Å²) < 4.78 is 48.6. The molecule has 1 atom stereocenters. The average Bonchev–Trinajstić information content (AvgIpc) is 3.39. The molecule has 0 spiro atoms. The van der Waals surface area contributed by atoms with Gasteiger partial charge < -0.3 is 24.4 Å². The fourth-order valence-electron chi connectivity index (χ4n) is 4.52. The van der Waals surface area contributed by atoms with Crippen molar-refractivity contribution in [3.8, 4) is 23.1 Å². The van der Waals surface area contributed by atoms with Crippen molar-refractivity contribution in [2.24, 2.45) is 0 Å². The minimum Gasteiger partial charge on any atom is -0.478 e. The number of halogens is 3. The van der Waals surface area contributed by atoms with Gasteiger partial charge in [0, 0.05) is 18.7 Å². The van der Waals surface area contributed by atoms with Crippen LogP contribution in [-0.4, -0.2) is 73.7 Å². The van der Waals surface area contributed by atoms with Crippen molar-refractivity contribution in [3.63, 3.8) is 0 Å². The molecule has 5 heterocycles. The smallest absolute Gasteiger partial charge is 0.296 e. The summed E-state index contributed by atoms with van der Waals surface area (Å²) in [6, 6.07) is 8.63. The lowest BCUT2D eigenvalue weighted by Gasteiger charge is -2.36. The quantitative estimate of drug-likeness (QED) is 0.288. The van der Waals surface area contributed by atoms with Crippen LogP contribution in [0.5, 0.6) is 23.1 Å². The number of likely N-dealkylation sites (tertiary alicyclic amines) is 1. The Morgan fingerprint density at radius 1 is 1.10 bits per heavy atom. The van der Waals surface area contributed by atoms with Gasteiger partial charge in [-0.15, -0.1) is 0 Å². The van der Waals surface area contributed by atoms with E-state index in [0.717, 1.165) is 0 Å². The number of fused-ring (bicyclic) bond motifs is 2. The van der Waals surface area contributed by atoms with Crippen LogP contribution in [0.15, 0.2) is 55.4 Å². The number of alkyl halides is 2. The highest BCUT2D eigenvalue weighted by molar-refractivity contribution is 6.32. The number of anilines is 2. The van der Waals surface area contributed by atoms with Gasteiger partial charge in [-0.05, 0) is 37.4 Å². The molecule has 0 aliphatic carbocycles. The second-order valence-electron chi connectivity index (χ2n) is 9.27. The number of methoxy groups -OCH3 is 1. The molecule has 206 valence electrons. The summed E-state index contributed by atoms with van der Waals surface area (Å²) in [6.45, 7) is 0.0430. The predicted molar refractivity (Wildman–Crippen MR) is 143 cm³/mol. The highest BCUT2D eigenvalue weighted by atomic mass is 35.5. The first-order valence-electron chi connectivity index (χ1n) is 12.3. The summed E-state index contributed by atoms with van der Waals surface area (Å²) >= 11 is 6.54. The molecule has 1 aliphatic heterocycles. The number of hydrogen-bond donors (Lipinski definition) is 1. The monoisotopic (exact) mass is 568 g/mol. The van der Waals surface area contributed by atoms with Crippen LogP contribution in [0.4, 0.5) is 20.3 Å². The lowest BCUT2D eigenvalue weighted by Crippen LogP contribution is -2.52. The number of nitrogens with one attached hydrogen (secondary N) is 1. The van der Waals surface area contributed by atoms with Crippen molar-refractivity contribution in [2.75, 3.05) is 32.6 Å². The third-order valence-corrected chi connectivity index (χ3v) is 6.75. The molecule has 1 aliphatic rings. The maximum Gasteiger partial charge on any atom is 0.296 e. The normalized spacial score (nSPS) is 17.2. The lowest BCUT2D eigenvalue weighted by atomic mass is 10.0. The topological polar surface area (TPSA) is 112 Å². The Bertz CT molecular complexity index is 1700. The van der Waals surface area contributed by atoms with Crippen LogP contribution in [0.2, 0.25) is 5.02 Å². The SMILES string of the molecule is COc1ncc2ncnc(Nc3ccc(Oc4ccc5ncnn5c4)c(Cl)c3)c2c1O[C@H]1CCN(C)CC1(F)F. The van der Waals surface area contributed by atoms with E-state index in [2.05, 4.69) is 30.4 Å². The van der Waals surface area contributed by atoms with E-state index in [1.807, 2.05) is 0 Å². The van der Waals surface area contributed by atoms with E-state index in [1.165, 1.54) is 26.0 Å². The van der Waals surface area contributed by atoms with Crippen molar-refractivity contribution in [1.29, 1.82) is 0 Å². The number of hydrogen-bond acceptors (Lipinski definition) is 10. The molecule has 0 radical (unpaired) electrons. The van der Waals surface area contributed by atoms with Crippen LogP contribution >= 0.6 is 11.6 Å². The van der Waals surface area contributed by atoms with Gasteiger partial charge in [-0.25, -0.2) is 33.2 Å². The van der Waals surface area contributed by atoms with E-state index in [0.29, 0.717) is 51.1 Å². The molecular weight excluding hydrogens is 546 g/mol. The molecule has 1 fully saturated rings. The Labute approximate surface area is 231 Å². The molecule has 0 amide bonds. The summed E-state index contributed by atoms with van der Waals surface area (Å²) in [5.74, 6) is -1.75. The Morgan fingerprint density at radius 3 is 2.77 bits per heavy atom. The summed E-state index contributed by atoms with van der Waals surface area (Å²) in [5, 5.41) is 7.96. The molecule has 11 nitrogen and oxygen atoms in total. The minimum atomic E-state index is -3.08. The van der Waals surface area contributed by atoms with Gasteiger partial charge in [-0.1, -0.05) is 11.6 Å². The number of rotatable bonds is 7. The van der Waals surface area contributed by atoms with Crippen LogP contribution in [-0.2, 0) is 0 Å². The molecule has 1 N–H and O–H groups in total. The molecule has 0 bridgehead atoms. The van der Waals surface area contributed by atoms with Gasteiger partial charge in [-0.2, -0.15) is 5.10 Å². The molecule has 1 saturated heterocycles. The van der Waals surface area contributed by atoms with Gasteiger partial charge in [0.2, 0.25) is 0 Å². The maximum atomic E-state index is 14.9. The van der Waals surface area contributed by atoms with E-state index in [1.54, 1.807) is 53.0 Å². The number of ether oxygens (including phenoxy) is 3. The van der Waals surface area contributed by atoms with E-state index in [-0.39, 0.29) is 18.1 Å². The fraction of sp³-hybridized carbons (Fsp3) is 0.269. The highest BCUT2D eigenvalue weighted by Crippen LogP contribution is 2.41.